The zero-order valence-corrected chi connectivity index (χ0v) is 58.6. The van der Waals surface area contributed by atoms with Crippen LogP contribution in [-0.4, -0.2) is 274 Å². The summed E-state index contributed by atoms with van der Waals surface area (Å²) in [6, 6.07) is 0. The minimum atomic E-state index is -4.75. The van der Waals surface area contributed by atoms with E-state index >= 15 is 0 Å². The summed E-state index contributed by atoms with van der Waals surface area (Å²) >= 11 is 0. The molecule has 0 aromatic heterocycles. The molecule has 28 heteroatoms. The van der Waals surface area contributed by atoms with Crippen LogP contribution in [0.2, 0.25) is 0 Å². The molecule has 26 atom stereocenters. The Balaban J connectivity index is 1.81. The van der Waals surface area contributed by atoms with Crippen LogP contribution in [0, 0.1) is 11.8 Å². The molecular formula is C71H122O27S. The average Bonchev–Trinajstić information content (AvgIpc) is 1.20. The molecule has 0 aromatic rings. The summed E-state index contributed by atoms with van der Waals surface area (Å²) in [4.78, 5) is 12.6. The van der Waals surface area contributed by atoms with Crippen LogP contribution in [-0.2, 0) is 28.9 Å². The first kappa shape index (κ1) is 91.7. The van der Waals surface area contributed by atoms with Crippen LogP contribution in [0.25, 0.3) is 0 Å². The molecule has 11 unspecified atom stereocenters. The third-order valence-corrected chi connectivity index (χ3v) is 18.8. The van der Waals surface area contributed by atoms with Gasteiger partial charge in [-0.3, -0.25) is 9.35 Å². The second kappa shape index (κ2) is 49.3. The second-order valence-corrected chi connectivity index (χ2v) is 28.3. The predicted octanol–water partition coefficient (Wildman–Crippen LogP) is 1.23. The van der Waals surface area contributed by atoms with E-state index in [2.05, 4.69) is 13.2 Å². The molecule has 2 heterocycles. The van der Waals surface area contributed by atoms with Gasteiger partial charge in [0.25, 0.3) is 0 Å². The molecule has 0 aliphatic carbocycles. The van der Waals surface area contributed by atoms with Gasteiger partial charge in [-0.25, -0.2) is 4.18 Å². The number of Topliss-reactive ketones (excluding diaryl/α,β-unsaturated/α-hetero) is 1. The van der Waals surface area contributed by atoms with Crippen LogP contribution < -0.4 is 0 Å². The number of hydrogen-bond donors (Lipinski definition) is 21. The van der Waals surface area contributed by atoms with Gasteiger partial charge in [0.15, 0.2) is 0 Å². The topological polar surface area (TPSA) is 504 Å². The lowest BCUT2D eigenvalue weighted by Crippen LogP contribution is -2.59. The van der Waals surface area contributed by atoms with E-state index in [1.807, 2.05) is 48.6 Å². The summed E-state index contributed by atoms with van der Waals surface area (Å²) in [7, 11) is -4.75. The molecule has 0 amide bonds. The Kier molecular flexibility index (Phi) is 45.7. The van der Waals surface area contributed by atoms with Gasteiger partial charge in [0, 0.05) is 32.1 Å². The number of aliphatic hydroxyl groups excluding tert-OH is 20. The number of ether oxygens (including phenoxy) is 2. The molecule has 574 valence electrons. The van der Waals surface area contributed by atoms with E-state index in [0.29, 0.717) is 37.7 Å². The fourth-order valence-corrected chi connectivity index (χ4v) is 12.6. The number of unbranched alkanes of at least 4 members (excludes halogenated alkanes) is 3. The number of aliphatic hydroxyl groups is 20. The second-order valence-electron chi connectivity index (χ2n) is 27.2. The zero-order chi connectivity index (χ0) is 74.5. The lowest BCUT2D eigenvalue weighted by Gasteiger charge is -2.42. The number of allylic oxidation sites excluding steroid dienone is 11. The van der Waals surface area contributed by atoms with E-state index in [9.17, 15) is 110 Å². The van der Waals surface area contributed by atoms with Gasteiger partial charge in [-0.15, -0.1) is 0 Å². The molecule has 27 nitrogen and oxygen atoms in total. The molecule has 2 rings (SSSR count). The van der Waals surface area contributed by atoms with Crippen LogP contribution >= 0.6 is 0 Å². The van der Waals surface area contributed by atoms with Crippen LogP contribution in [0.15, 0.2) is 97.2 Å². The van der Waals surface area contributed by atoms with Gasteiger partial charge in [-0.05, 0) is 133 Å². The average molecular weight is 1440 g/mol. The van der Waals surface area contributed by atoms with Gasteiger partial charge in [0.2, 0.25) is 0 Å². The fourth-order valence-electron chi connectivity index (χ4n) is 12.1. The summed E-state index contributed by atoms with van der Waals surface area (Å²) in [6.45, 7) is 11.9. The third kappa shape index (κ3) is 37.2. The third-order valence-electron chi connectivity index (χ3n) is 18.3. The minimum Gasteiger partial charge on any atom is -0.394 e. The Hall–Kier alpha value is -3.42. The first-order valence-electron chi connectivity index (χ1n) is 34.9. The lowest BCUT2D eigenvalue weighted by molar-refractivity contribution is -0.234. The minimum absolute atomic E-state index is 0.00967. The zero-order valence-electron chi connectivity index (χ0n) is 57.8. The smallest absolute Gasteiger partial charge is 0.394 e. The Morgan fingerprint density at radius 3 is 1.67 bits per heavy atom. The maximum atomic E-state index is 12.6. The fraction of sp³-hybridized carbons (Fsp3) is 0.761. The Morgan fingerprint density at radius 2 is 1.08 bits per heavy atom. The Morgan fingerprint density at radius 1 is 0.566 bits per heavy atom. The van der Waals surface area contributed by atoms with Crippen molar-refractivity contribution in [1.82, 2.24) is 0 Å². The summed E-state index contributed by atoms with van der Waals surface area (Å²) in [5, 5.41) is 214. The van der Waals surface area contributed by atoms with Crippen molar-refractivity contribution in [2.24, 2.45) is 11.8 Å². The molecule has 0 radical (unpaired) electrons. The van der Waals surface area contributed by atoms with Crippen LogP contribution in [0.3, 0.4) is 0 Å². The van der Waals surface area contributed by atoms with Crippen molar-refractivity contribution < 1.29 is 134 Å². The van der Waals surface area contributed by atoms with E-state index in [-0.39, 0.29) is 121 Å². The molecule has 0 saturated carbocycles. The molecule has 2 saturated heterocycles. The highest BCUT2D eigenvalue weighted by Gasteiger charge is 2.47. The molecule has 2 aliphatic rings. The van der Waals surface area contributed by atoms with E-state index in [0.717, 1.165) is 12.8 Å². The normalized spacial score (nSPS) is 26.3. The van der Waals surface area contributed by atoms with Crippen molar-refractivity contribution in [3.8, 4) is 0 Å². The van der Waals surface area contributed by atoms with Crippen LogP contribution in [0.1, 0.15) is 175 Å². The molecule has 2 aliphatic heterocycles. The maximum absolute atomic E-state index is 12.6. The van der Waals surface area contributed by atoms with E-state index in [4.69, 9.17) is 23.3 Å². The number of ketones is 1. The number of rotatable bonds is 53. The predicted molar refractivity (Wildman–Crippen MR) is 368 cm³/mol. The molecule has 0 spiro atoms. The molecular weight excluding hydrogens is 1320 g/mol. The van der Waals surface area contributed by atoms with Crippen molar-refractivity contribution in [3.05, 3.63) is 97.2 Å². The monoisotopic (exact) mass is 1440 g/mol. The van der Waals surface area contributed by atoms with Crippen molar-refractivity contribution in [2.75, 3.05) is 6.61 Å². The van der Waals surface area contributed by atoms with E-state index in [1.54, 1.807) is 32.9 Å². The number of carbonyl (C=O) groups excluding carboxylic acids is 1. The molecule has 0 aromatic carbocycles. The summed E-state index contributed by atoms with van der Waals surface area (Å²) < 4.78 is 48.1. The van der Waals surface area contributed by atoms with Gasteiger partial charge in [-0.2, -0.15) is 8.42 Å². The molecule has 0 bridgehead atoms. The Bertz CT molecular complexity index is 2530. The van der Waals surface area contributed by atoms with Crippen LogP contribution in [0.4, 0.5) is 0 Å². The summed E-state index contributed by atoms with van der Waals surface area (Å²) in [5.74, 6) is -1.41. The van der Waals surface area contributed by atoms with Gasteiger partial charge < -0.3 is 112 Å². The number of hydrogen-bond acceptors (Lipinski definition) is 26. The largest absolute Gasteiger partial charge is 0.397 e. The van der Waals surface area contributed by atoms with Gasteiger partial charge >= 0.3 is 10.4 Å². The van der Waals surface area contributed by atoms with Gasteiger partial charge in [0.1, 0.15) is 66.8 Å². The lowest BCUT2D eigenvalue weighted by atomic mass is 9.86. The highest BCUT2D eigenvalue weighted by atomic mass is 32.3. The standard InChI is InChI=1S/C71H122O27S/c1-6-7-8-9-10-11-12-13-14-15-16-17-18-19-27-54(79)65(88)70-68(91)60(85)41-62(97-70)69(92)64(87)45(4)30-33-53(78)61-40-59(84)67(90)71(96-61)66(89)57(82)35-44(3)29-32-49(75)39-58(83)63(86)46(5)36-56(81)55(80)34-43(2)28-31-48(74)38-51(77)37-47(73)24-22-26-52(98-99(93,94)95)25-21-20-23-50(76)42-72/h6-8,11-16,19,27,35,43,46-50,52-76,78-92H,1,4,9-10,17-18,20-26,28-34,36-42H2,2-3,5H3,(H,93,94,95)/b8-7+,12-11+,14-13+,16-15+,27-19+,44-35+/t43?,46?,47?,48?,49?,50?,52?,53-,54+,55?,56?,57-,58?,59-,60-,61-,62-,63?,64-,65+,66+,67-,68-,69+,70+,71+/m1/s1. The highest BCUT2D eigenvalue weighted by Crippen LogP contribution is 2.32. The molecule has 99 heavy (non-hydrogen) atoms. The Labute approximate surface area is 584 Å². The van der Waals surface area contributed by atoms with Gasteiger partial charge in [0.05, 0.1) is 92.1 Å². The summed E-state index contributed by atoms with van der Waals surface area (Å²) in [5.41, 5.74) is 0.435. The SMILES string of the molecule is C=C/C=C/CC/C=C/C=C/C=C/CC/C=C/[C@H](O)[C@H](O)[C@@H]1O[C@@H]([C@H](O)[C@H](O)C(=C)CC[C@@H](O)[C@H]2C[C@@H](O)[C@@H](O)[C@H]([C@@H](O)[C@H](O)/C=C(\C)CCC(O)CC(O)C(O)C(C)CC(O)C(O)CC(C)CCC(O)CC(=O)CC(O)CCCC(CCCCC(O)CO)OS(=O)(=O)O)O2)C[C@@H](O)[C@H]1O. The first-order chi connectivity index (χ1) is 46.6. The molecule has 2 fully saturated rings. The highest BCUT2D eigenvalue weighted by molar-refractivity contribution is 7.80. The van der Waals surface area contributed by atoms with E-state index in [1.165, 1.54) is 12.2 Å². The van der Waals surface area contributed by atoms with Crippen molar-refractivity contribution in [2.45, 2.75) is 321 Å². The quantitative estimate of drug-likeness (QED) is 0.0176. The van der Waals surface area contributed by atoms with Crippen molar-refractivity contribution in [1.29, 1.82) is 0 Å². The van der Waals surface area contributed by atoms with Crippen molar-refractivity contribution in [3.63, 3.8) is 0 Å². The van der Waals surface area contributed by atoms with Crippen molar-refractivity contribution >= 4 is 16.2 Å². The van der Waals surface area contributed by atoms with Crippen LogP contribution in [0.5, 0.6) is 0 Å². The summed E-state index contributed by atoms with van der Waals surface area (Å²) in [6.07, 6.45) is -9.58. The van der Waals surface area contributed by atoms with E-state index < -0.39 is 175 Å². The molecule has 21 N–H and O–H groups in total. The van der Waals surface area contributed by atoms with Gasteiger partial charge in [-0.1, -0.05) is 118 Å². The first-order valence-corrected chi connectivity index (χ1v) is 36.3. The maximum Gasteiger partial charge on any atom is 0.397 e. The number of carbonyl (C=O) groups is 1.